The van der Waals surface area contributed by atoms with E-state index in [-0.39, 0.29) is 23.3 Å². The highest BCUT2D eigenvalue weighted by Crippen LogP contribution is 2.28. The van der Waals surface area contributed by atoms with Crippen LogP contribution in [0.25, 0.3) is 0 Å². The maximum Gasteiger partial charge on any atom is 0.185 e. The molecule has 0 aliphatic heterocycles. The van der Waals surface area contributed by atoms with E-state index in [0.717, 1.165) is 0 Å². The highest BCUT2D eigenvalue weighted by atomic mass is 16.1. The summed E-state index contributed by atoms with van der Waals surface area (Å²) in [4.78, 5) is 35.2. The second-order valence-corrected chi connectivity index (χ2v) is 5.06. The van der Waals surface area contributed by atoms with Crippen molar-refractivity contribution in [2.45, 2.75) is 47.5 Å². The Morgan fingerprint density at radius 3 is 2.00 bits per heavy atom. The van der Waals surface area contributed by atoms with Crippen molar-refractivity contribution in [3.05, 3.63) is 22.3 Å². The van der Waals surface area contributed by atoms with Gasteiger partial charge in [-0.3, -0.25) is 14.4 Å². The van der Waals surface area contributed by atoms with Gasteiger partial charge in [-0.2, -0.15) is 0 Å². The highest BCUT2D eigenvalue weighted by Gasteiger charge is 2.27. The van der Waals surface area contributed by atoms with Gasteiger partial charge in [0.15, 0.2) is 11.6 Å². The lowest BCUT2D eigenvalue weighted by Gasteiger charge is -2.19. The first kappa shape index (κ1) is 14.6. The number of hydrogen-bond acceptors (Lipinski definition) is 3. The number of Topliss-reactive ketones (excluding diaryl/α,β-unsaturated/α-hetero) is 3. The van der Waals surface area contributed by atoms with Gasteiger partial charge < -0.3 is 0 Å². The fourth-order valence-corrected chi connectivity index (χ4v) is 2.02. The van der Waals surface area contributed by atoms with Crippen molar-refractivity contribution in [1.29, 1.82) is 0 Å². The number of ketones is 3. The van der Waals surface area contributed by atoms with E-state index in [1.165, 1.54) is 0 Å². The summed E-state index contributed by atoms with van der Waals surface area (Å²) < 4.78 is 0. The molecule has 0 bridgehead atoms. The Bertz CT molecular complexity index is 478. The van der Waals surface area contributed by atoms with E-state index in [1.54, 1.807) is 27.7 Å². The van der Waals surface area contributed by atoms with E-state index >= 15 is 0 Å². The summed E-state index contributed by atoms with van der Waals surface area (Å²) in [5.74, 6) is -0.0373. The average molecular weight is 248 g/mol. The van der Waals surface area contributed by atoms with Crippen LogP contribution >= 0.6 is 0 Å². The molecule has 0 radical (unpaired) electrons. The van der Waals surface area contributed by atoms with E-state index in [1.807, 2.05) is 6.92 Å². The van der Waals surface area contributed by atoms with Gasteiger partial charge in [0, 0.05) is 28.2 Å². The van der Waals surface area contributed by atoms with E-state index in [0.29, 0.717) is 35.1 Å². The van der Waals surface area contributed by atoms with Gasteiger partial charge in [-0.15, -0.1) is 0 Å². The van der Waals surface area contributed by atoms with Crippen LogP contribution in [0.2, 0.25) is 0 Å². The Hall–Kier alpha value is -1.51. The van der Waals surface area contributed by atoms with Crippen molar-refractivity contribution in [1.82, 2.24) is 0 Å². The molecule has 0 aromatic heterocycles. The molecule has 0 unspecified atom stereocenters. The molecule has 3 heteroatoms. The minimum atomic E-state index is -0.0690. The van der Waals surface area contributed by atoms with E-state index in [4.69, 9.17) is 0 Å². The van der Waals surface area contributed by atoms with Gasteiger partial charge in [-0.1, -0.05) is 6.92 Å². The maximum absolute atomic E-state index is 12.1. The molecular formula is C15H20O3. The Morgan fingerprint density at radius 2 is 1.50 bits per heavy atom. The van der Waals surface area contributed by atoms with Gasteiger partial charge in [0.1, 0.15) is 5.78 Å². The second-order valence-electron chi connectivity index (χ2n) is 5.06. The Balaban J connectivity index is 2.92. The second kappa shape index (κ2) is 5.42. The van der Waals surface area contributed by atoms with Crippen LogP contribution in [-0.2, 0) is 14.4 Å². The molecule has 0 N–H and O–H groups in total. The molecule has 0 aromatic rings. The summed E-state index contributed by atoms with van der Waals surface area (Å²) in [7, 11) is 0. The number of rotatable bonds is 4. The van der Waals surface area contributed by atoms with Crippen LogP contribution in [-0.4, -0.2) is 17.3 Å². The molecular weight excluding hydrogens is 228 g/mol. The summed E-state index contributed by atoms with van der Waals surface area (Å²) >= 11 is 0. The molecule has 3 nitrogen and oxygen atoms in total. The molecule has 1 atom stereocenters. The summed E-state index contributed by atoms with van der Waals surface area (Å²) in [6.07, 6.45) is 1.12. The van der Waals surface area contributed by atoms with E-state index in [9.17, 15) is 14.4 Å². The quantitative estimate of drug-likeness (QED) is 0.719. The predicted molar refractivity (Wildman–Crippen MR) is 70.2 cm³/mol. The number of hydrogen-bond donors (Lipinski definition) is 0. The smallest absolute Gasteiger partial charge is 0.185 e. The number of allylic oxidation sites excluding steroid dienone is 4. The standard InChI is InChI=1S/C15H20O3/c1-8(12(5)16)6-7-13-11(4)14(17)9(2)10(3)15(13)18/h8H,6-7H2,1-5H3/t8-/m1/s1. The van der Waals surface area contributed by atoms with Crippen LogP contribution in [0.15, 0.2) is 22.3 Å². The van der Waals surface area contributed by atoms with Crippen molar-refractivity contribution in [2.75, 3.05) is 0 Å². The largest absolute Gasteiger partial charge is 0.300 e. The SMILES string of the molecule is CC(=O)[C@H](C)CCC1=C(C)C(=O)C(C)=C(C)C1=O. The molecule has 98 valence electrons. The fraction of sp³-hybridized carbons (Fsp3) is 0.533. The summed E-state index contributed by atoms with van der Waals surface area (Å²) in [5, 5.41) is 0. The predicted octanol–water partition coefficient (Wildman–Crippen LogP) is 2.80. The Morgan fingerprint density at radius 1 is 1.00 bits per heavy atom. The average Bonchev–Trinajstić information content (AvgIpc) is 2.33. The van der Waals surface area contributed by atoms with Crippen molar-refractivity contribution < 1.29 is 14.4 Å². The minimum Gasteiger partial charge on any atom is -0.300 e. The zero-order valence-electron chi connectivity index (χ0n) is 11.7. The normalized spacial score (nSPS) is 18.5. The lowest BCUT2D eigenvalue weighted by atomic mass is 9.83. The topological polar surface area (TPSA) is 51.2 Å². The molecule has 1 aliphatic rings. The summed E-state index contributed by atoms with van der Waals surface area (Å²) in [6, 6.07) is 0. The van der Waals surface area contributed by atoms with E-state index < -0.39 is 0 Å². The van der Waals surface area contributed by atoms with Crippen molar-refractivity contribution in [3.8, 4) is 0 Å². The van der Waals surface area contributed by atoms with Crippen LogP contribution in [0, 0.1) is 5.92 Å². The molecule has 0 fully saturated rings. The van der Waals surface area contributed by atoms with Gasteiger partial charge in [-0.05, 0) is 40.5 Å². The third-order valence-electron chi connectivity index (χ3n) is 3.83. The van der Waals surface area contributed by atoms with Crippen LogP contribution in [0.1, 0.15) is 47.5 Å². The maximum atomic E-state index is 12.1. The molecule has 18 heavy (non-hydrogen) atoms. The molecule has 0 aromatic carbocycles. The zero-order chi connectivity index (χ0) is 14.0. The summed E-state index contributed by atoms with van der Waals surface area (Å²) in [5.41, 5.74) is 2.20. The molecule has 0 spiro atoms. The fourth-order valence-electron chi connectivity index (χ4n) is 2.02. The van der Waals surface area contributed by atoms with Crippen molar-refractivity contribution >= 4 is 17.3 Å². The van der Waals surface area contributed by atoms with Gasteiger partial charge in [0.2, 0.25) is 0 Å². The molecule has 0 saturated carbocycles. The molecule has 0 heterocycles. The molecule has 1 rings (SSSR count). The lowest BCUT2D eigenvalue weighted by Crippen LogP contribution is -2.21. The van der Waals surface area contributed by atoms with Crippen LogP contribution < -0.4 is 0 Å². The van der Waals surface area contributed by atoms with Gasteiger partial charge >= 0.3 is 0 Å². The van der Waals surface area contributed by atoms with E-state index in [2.05, 4.69) is 0 Å². The van der Waals surface area contributed by atoms with Crippen molar-refractivity contribution in [3.63, 3.8) is 0 Å². The van der Waals surface area contributed by atoms with Gasteiger partial charge in [-0.25, -0.2) is 0 Å². The number of carbonyl (C=O) groups is 3. The highest BCUT2D eigenvalue weighted by molar-refractivity contribution is 6.24. The van der Waals surface area contributed by atoms with Crippen LogP contribution in [0.4, 0.5) is 0 Å². The monoisotopic (exact) mass is 248 g/mol. The zero-order valence-corrected chi connectivity index (χ0v) is 11.7. The molecule has 0 saturated heterocycles. The first-order chi connectivity index (χ1) is 8.27. The van der Waals surface area contributed by atoms with Gasteiger partial charge in [0.25, 0.3) is 0 Å². The Kier molecular flexibility index (Phi) is 4.38. The lowest BCUT2D eigenvalue weighted by molar-refractivity contribution is -0.120. The third-order valence-corrected chi connectivity index (χ3v) is 3.83. The molecule has 1 aliphatic carbocycles. The molecule has 0 amide bonds. The minimum absolute atomic E-state index is 0.0413. The number of carbonyl (C=O) groups excluding carboxylic acids is 3. The van der Waals surface area contributed by atoms with Crippen LogP contribution in [0.5, 0.6) is 0 Å². The Labute approximate surface area is 108 Å². The summed E-state index contributed by atoms with van der Waals surface area (Å²) in [6.45, 7) is 8.48. The first-order valence-corrected chi connectivity index (χ1v) is 6.24. The first-order valence-electron chi connectivity index (χ1n) is 6.24. The van der Waals surface area contributed by atoms with Crippen LogP contribution in [0.3, 0.4) is 0 Å². The van der Waals surface area contributed by atoms with Gasteiger partial charge in [0.05, 0.1) is 0 Å². The third kappa shape index (κ3) is 2.66. The van der Waals surface area contributed by atoms with Crippen molar-refractivity contribution in [2.24, 2.45) is 5.92 Å².